The van der Waals surface area contributed by atoms with Crippen LogP contribution in [-0.2, 0) is 11.2 Å². The molecular weight excluding hydrogens is 403 g/mol. The van der Waals surface area contributed by atoms with E-state index in [1.807, 2.05) is 0 Å². The summed E-state index contributed by atoms with van der Waals surface area (Å²) in [5.41, 5.74) is 13.7. The molecule has 0 bridgehead atoms. The molecular formula is C20H19FN8O2. The largest absolute Gasteiger partial charge is 0.452 e. The molecule has 31 heavy (non-hydrogen) atoms. The number of fused-ring (bicyclic) bond motifs is 1. The Morgan fingerprint density at radius 3 is 2.52 bits per heavy atom. The van der Waals surface area contributed by atoms with E-state index >= 15 is 0 Å². The summed E-state index contributed by atoms with van der Waals surface area (Å²) in [5, 5.41) is 4.32. The fourth-order valence-electron chi connectivity index (χ4n) is 3.25. The van der Waals surface area contributed by atoms with Gasteiger partial charge in [-0.25, -0.2) is 28.7 Å². The lowest BCUT2D eigenvalue weighted by atomic mass is 10.1. The summed E-state index contributed by atoms with van der Waals surface area (Å²) in [5.74, 6) is 0.276. The molecule has 0 aliphatic rings. The second kappa shape index (κ2) is 7.86. The first-order valence-electron chi connectivity index (χ1n) is 9.21. The summed E-state index contributed by atoms with van der Waals surface area (Å²) >= 11 is 0. The van der Waals surface area contributed by atoms with Gasteiger partial charge in [-0.15, -0.1) is 0 Å². The number of nitrogen functional groups attached to an aromatic ring is 2. The van der Waals surface area contributed by atoms with Gasteiger partial charge in [0.2, 0.25) is 0 Å². The molecule has 0 aliphatic carbocycles. The van der Waals surface area contributed by atoms with Crippen molar-refractivity contribution in [3.63, 3.8) is 0 Å². The van der Waals surface area contributed by atoms with Crippen LogP contribution in [0.25, 0.3) is 17.0 Å². The van der Waals surface area contributed by atoms with Crippen LogP contribution in [0.3, 0.4) is 0 Å². The maximum atomic E-state index is 14.2. The van der Waals surface area contributed by atoms with E-state index in [1.165, 1.54) is 20.2 Å². The number of carbonyl (C=O) groups is 1. The lowest BCUT2D eigenvalue weighted by Gasteiger charge is -2.18. The van der Waals surface area contributed by atoms with Crippen molar-refractivity contribution in [2.45, 2.75) is 6.42 Å². The molecule has 10 nitrogen and oxygen atoms in total. The van der Waals surface area contributed by atoms with Crippen LogP contribution in [0.1, 0.15) is 11.4 Å². The van der Waals surface area contributed by atoms with Crippen LogP contribution in [0, 0.1) is 5.82 Å². The van der Waals surface area contributed by atoms with E-state index in [4.69, 9.17) is 11.5 Å². The van der Waals surface area contributed by atoms with Crippen molar-refractivity contribution in [3.8, 4) is 11.5 Å². The Balaban J connectivity index is 1.82. The Labute approximate surface area is 176 Å². The third kappa shape index (κ3) is 3.56. The molecule has 0 fully saturated rings. The van der Waals surface area contributed by atoms with Gasteiger partial charge in [-0.3, -0.25) is 4.90 Å². The first-order chi connectivity index (χ1) is 14.9. The van der Waals surface area contributed by atoms with Crippen molar-refractivity contribution in [2.75, 3.05) is 30.5 Å². The lowest BCUT2D eigenvalue weighted by molar-refractivity contribution is 0.180. The molecule has 4 N–H and O–H groups in total. The van der Waals surface area contributed by atoms with E-state index < -0.39 is 6.09 Å². The van der Waals surface area contributed by atoms with Crippen molar-refractivity contribution in [1.82, 2.24) is 24.6 Å². The SMILES string of the molecule is COC(=O)N(C)c1c(N)nc(-c2nc(Cc3ccccc3F)n3ncccc23)nc1N. The standard InChI is InChI=1S/C20H19FN8O2/c1-28(20(30)31-2)16-17(22)26-19(27-18(16)23)15-13-8-5-9-24-29(13)14(25-15)10-11-6-3-4-7-12(11)21/h3-9H,10H2,1-2H3,(H4,22,23,26,27). The second-order valence-electron chi connectivity index (χ2n) is 6.66. The monoisotopic (exact) mass is 422 g/mol. The molecule has 11 heteroatoms. The highest BCUT2D eigenvalue weighted by molar-refractivity contribution is 5.94. The minimum Gasteiger partial charge on any atom is -0.452 e. The first-order valence-corrected chi connectivity index (χ1v) is 9.21. The van der Waals surface area contributed by atoms with Crippen LogP contribution in [-0.4, -0.2) is 44.8 Å². The molecule has 3 heterocycles. The van der Waals surface area contributed by atoms with Gasteiger partial charge >= 0.3 is 6.09 Å². The van der Waals surface area contributed by atoms with Gasteiger partial charge in [-0.2, -0.15) is 5.10 Å². The molecule has 4 rings (SSSR count). The number of rotatable bonds is 4. The summed E-state index contributed by atoms with van der Waals surface area (Å²) < 4.78 is 20.4. The summed E-state index contributed by atoms with van der Waals surface area (Å²) in [6.07, 6.45) is 1.14. The number of methoxy groups -OCH3 is 1. The van der Waals surface area contributed by atoms with E-state index in [-0.39, 0.29) is 35.4 Å². The molecule has 1 amide bonds. The number of benzene rings is 1. The minimum absolute atomic E-state index is 0.0175. The van der Waals surface area contributed by atoms with Gasteiger partial charge in [0.1, 0.15) is 23.0 Å². The number of carbonyl (C=O) groups excluding carboxylic acids is 1. The summed E-state index contributed by atoms with van der Waals surface area (Å²) in [6.45, 7) is 0. The first kappa shape index (κ1) is 20.0. The van der Waals surface area contributed by atoms with E-state index in [0.29, 0.717) is 22.6 Å². The van der Waals surface area contributed by atoms with E-state index in [2.05, 4.69) is 24.8 Å². The average molecular weight is 422 g/mol. The third-order valence-electron chi connectivity index (χ3n) is 4.72. The molecule has 0 unspecified atom stereocenters. The Hall–Kier alpha value is -4.28. The van der Waals surface area contributed by atoms with Gasteiger partial charge < -0.3 is 16.2 Å². The molecule has 0 radical (unpaired) electrons. The van der Waals surface area contributed by atoms with Crippen molar-refractivity contribution in [3.05, 3.63) is 59.8 Å². The fraction of sp³-hybridized carbons (Fsp3) is 0.150. The van der Waals surface area contributed by atoms with Gasteiger partial charge in [-0.1, -0.05) is 18.2 Å². The molecule has 0 spiro atoms. The zero-order valence-corrected chi connectivity index (χ0v) is 16.8. The number of anilines is 3. The maximum Gasteiger partial charge on any atom is 0.413 e. The molecule has 3 aromatic heterocycles. The van der Waals surface area contributed by atoms with E-state index in [0.717, 1.165) is 4.90 Å². The second-order valence-corrected chi connectivity index (χ2v) is 6.66. The molecule has 0 aliphatic heterocycles. The van der Waals surface area contributed by atoms with Crippen LogP contribution in [0.5, 0.6) is 0 Å². The van der Waals surface area contributed by atoms with Crippen LogP contribution in [0.2, 0.25) is 0 Å². The number of imidazole rings is 1. The topological polar surface area (TPSA) is 138 Å². The van der Waals surface area contributed by atoms with Crippen molar-refractivity contribution in [2.24, 2.45) is 0 Å². The predicted molar refractivity (Wildman–Crippen MR) is 113 cm³/mol. The van der Waals surface area contributed by atoms with Crippen molar-refractivity contribution >= 4 is 28.9 Å². The number of nitrogens with zero attached hydrogens (tertiary/aromatic N) is 6. The number of hydrogen-bond donors (Lipinski definition) is 2. The molecule has 0 atom stereocenters. The molecule has 4 aromatic rings. The van der Waals surface area contributed by atoms with Gasteiger partial charge in [0, 0.05) is 19.7 Å². The number of ether oxygens (including phenoxy) is 1. The predicted octanol–water partition coefficient (Wildman–Crippen LogP) is 2.28. The van der Waals surface area contributed by atoms with Crippen LogP contribution in [0.15, 0.2) is 42.6 Å². The van der Waals surface area contributed by atoms with Gasteiger partial charge in [-0.05, 0) is 23.8 Å². The summed E-state index contributed by atoms with van der Waals surface area (Å²) in [4.78, 5) is 26.1. The highest BCUT2D eigenvalue weighted by atomic mass is 19.1. The highest BCUT2D eigenvalue weighted by Crippen LogP contribution is 2.31. The van der Waals surface area contributed by atoms with Crippen LogP contribution >= 0.6 is 0 Å². The van der Waals surface area contributed by atoms with Gasteiger partial charge in [0.15, 0.2) is 17.5 Å². The van der Waals surface area contributed by atoms with Crippen molar-refractivity contribution < 1.29 is 13.9 Å². The number of halogens is 1. The maximum absolute atomic E-state index is 14.2. The smallest absolute Gasteiger partial charge is 0.413 e. The minimum atomic E-state index is -0.668. The Bertz CT molecular complexity index is 1270. The zero-order chi connectivity index (χ0) is 22.1. The molecule has 0 saturated heterocycles. The van der Waals surface area contributed by atoms with Gasteiger partial charge in [0.05, 0.1) is 12.6 Å². The normalized spacial score (nSPS) is 10.9. The zero-order valence-electron chi connectivity index (χ0n) is 16.8. The van der Waals surface area contributed by atoms with Gasteiger partial charge in [0.25, 0.3) is 0 Å². The Kier molecular flexibility index (Phi) is 5.07. The summed E-state index contributed by atoms with van der Waals surface area (Å²) in [6, 6.07) is 9.97. The third-order valence-corrected chi connectivity index (χ3v) is 4.72. The number of amides is 1. The molecule has 1 aromatic carbocycles. The fourth-order valence-corrected chi connectivity index (χ4v) is 3.25. The number of aromatic nitrogens is 5. The number of hydrogen-bond acceptors (Lipinski definition) is 8. The van der Waals surface area contributed by atoms with Crippen molar-refractivity contribution in [1.29, 1.82) is 0 Å². The van der Waals surface area contributed by atoms with Crippen LogP contribution in [0.4, 0.5) is 26.5 Å². The molecule has 158 valence electrons. The number of nitrogens with two attached hydrogens (primary N) is 2. The molecule has 0 saturated carbocycles. The lowest BCUT2D eigenvalue weighted by Crippen LogP contribution is -2.28. The van der Waals surface area contributed by atoms with E-state index in [1.54, 1.807) is 41.0 Å². The quantitative estimate of drug-likeness (QED) is 0.511. The van der Waals surface area contributed by atoms with Crippen LogP contribution < -0.4 is 16.4 Å². The average Bonchev–Trinajstić information content (AvgIpc) is 3.12. The van der Waals surface area contributed by atoms with E-state index in [9.17, 15) is 9.18 Å². The highest BCUT2D eigenvalue weighted by Gasteiger charge is 2.23. The Morgan fingerprint density at radius 2 is 1.84 bits per heavy atom. The summed E-state index contributed by atoms with van der Waals surface area (Å²) in [7, 11) is 2.68. The Morgan fingerprint density at radius 1 is 1.13 bits per heavy atom.